The maximum Gasteiger partial charge on any atom is 0.257 e. The SMILES string of the molecule is C=C(CCNC(=O)CO/C=C/C=C(/Cl)C(=C)F)Nc1cccc(N2CCOCC2)n1. The molecule has 1 fully saturated rings. The van der Waals surface area contributed by atoms with Crippen LogP contribution in [0.25, 0.3) is 0 Å². The van der Waals surface area contributed by atoms with E-state index >= 15 is 0 Å². The van der Waals surface area contributed by atoms with Crippen LogP contribution in [0.15, 0.2) is 66.3 Å². The summed E-state index contributed by atoms with van der Waals surface area (Å²) in [5, 5.41) is 5.75. The number of carbonyl (C=O) groups is 1. The van der Waals surface area contributed by atoms with E-state index in [4.69, 9.17) is 21.1 Å². The van der Waals surface area contributed by atoms with E-state index < -0.39 is 5.83 Å². The number of aromatic nitrogens is 1. The second kappa shape index (κ2) is 12.7. The molecule has 1 saturated heterocycles. The van der Waals surface area contributed by atoms with E-state index in [1.165, 1.54) is 18.4 Å². The smallest absolute Gasteiger partial charge is 0.257 e. The number of morpholine rings is 1. The van der Waals surface area contributed by atoms with E-state index in [2.05, 4.69) is 33.7 Å². The molecule has 0 atom stereocenters. The molecule has 2 rings (SSSR count). The highest BCUT2D eigenvalue weighted by Gasteiger charge is 2.12. The topological polar surface area (TPSA) is 75.7 Å². The van der Waals surface area contributed by atoms with Gasteiger partial charge in [0.15, 0.2) is 6.61 Å². The molecule has 0 radical (unpaired) electrons. The normalized spacial score (nSPS) is 14.5. The summed E-state index contributed by atoms with van der Waals surface area (Å²) in [6, 6.07) is 5.77. The number of nitrogens with zero attached hydrogens (tertiary/aromatic N) is 2. The molecule has 0 unspecified atom stereocenters. The number of rotatable bonds is 11. The third-order valence-electron chi connectivity index (χ3n) is 4.01. The quantitative estimate of drug-likeness (QED) is 0.408. The van der Waals surface area contributed by atoms with E-state index in [0.717, 1.165) is 24.6 Å². The highest BCUT2D eigenvalue weighted by atomic mass is 35.5. The van der Waals surface area contributed by atoms with Crippen molar-refractivity contribution in [1.82, 2.24) is 10.3 Å². The molecule has 30 heavy (non-hydrogen) atoms. The molecule has 2 heterocycles. The summed E-state index contributed by atoms with van der Waals surface area (Å²) in [5.41, 5.74) is 0.731. The second-order valence-electron chi connectivity index (χ2n) is 6.37. The first-order valence-corrected chi connectivity index (χ1v) is 9.83. The number of hydrogen-bond acceptors (Lipinski definition) is 6. The van der Waals surface area contributed by atoms with E-state index in [1.54, 1.807) is 0 Å². The molecule has 0 saturated carbocycles. The molecule has 0 aromatic carbocycles. The molecule has 162 valence electrons. The predicted molar refractivity (Wildman–Crippen MR) is 117 cm³/mol. The Kier molecular flexibility index (Phi) is 9.90. The molecule has 1 aliphatic rings. The van der Waals surface area contributed by atoms with Crippen LogP contribution in [0.1, 0.15) is 6.42 Å². The van der Waals surface area contributed by atoms with Gasteiger partial charge in [0.25, 0.3) is 5.91 Å². The molecular weight excluding hydrogens is 411 g/mol. The minimum Gasteiger partial charge on any atom is -0.491 e. The van der Waals surface area contributed by atoms with Gasteiger partial charge in [0.1, 0.15) is 17.5 Å². The second-order valence-corrected chi connectivity index (χ2v) is 6.78. The largest absolute Gasteiger partial charge is 0.491 e. The Morgan fingerprint density at radius 2 is 2.13 bits per heavy atom. The molecule has 7 nitrogen and oxygen atoms in total. The van der Waals surface area contributed by atoms with Gasteiger partial charge >= 0.3 is 0 Å². The van der Waals surface area contributed by atoms with Crippen molar-refractivity contribution in [3.05, 3.63) is 66.3 Å². The first kappa shape index (κ1) is 23.4. The summed E-state index contributed by atoms with van der Waals surface area (Å²) < 4.78 is 23.0. The molecule has 1 amide bonds. The van der Waals surface area contributed by atoms with Crippen molar-refractivity contribution in [1.29, 1.82) is 0 Å². The van der Waals surface area contributed by atoms with Crippen molar-refractivity contribution in [2.75, 3.05) is 49.7 Å². The maximum atomic E-state index is 12.6. The van der Waals surface area contributed by atoms with Crippen molar-refractivity contribution in [2.45, 2.75) is 6.42 Å². The third-order valence-corrected chi connectivity index (χ3v) is 4.35. The summed E-state index contributed by atoms with van der Waals surface area (Å²) in [5.74, 6) is 0.564. The van der Waals surface area contributed by atoms with Gasteiger partial charge in [-0.15, -0.1) is 0 Å². The molecule has 2 N–H and O–H groups in total. The van der Waals surface area contributed by atoms with Gasteiger partial charge in [-0.1, -0.05) is 30.8 Å². The van der Waals surface area contributed by atoms with Crippen LogP contribution >= 0.6 is 11.6 Å². The lowest BCUT2D eigenvalue weighted by atomic mass is 10.3. The minimum absolute atomic E-state index is 0.129. The Labute approximate surface area is 180 Å². The number of nitrogens with one attached hydrogen (secondary N) is 2. The van der Waals surface area contributed by atoms with Crippen molar-refractivity contribution in [3.8, 4) is 0 Å². The highest BCUT2D eigenvalue weighted by molar-refractivity contribution is 6.31. The lowest BCUT2D eigenvalue weighted by Gasteiger charge is -2.28. The fourth-order valence-electron chi connectivity index (χ4n) is 2.50. The fourth-order valence-corrected chi connectivity index (χ4v) is 2.58. The van der Waals surface area contributed by atoms with Crippen LogP contribution in [0.2, 0.25) is 0 Å². The van der Waals surface area contributed by atoms with Gasteiger partial charge < -0.3 is 25.0 Å². The number of ether oxygens (including phenoxy) is 2. The number of hydrogen-bond donors (Lipinski definition) is 2. The molecule has 0 aliphatic carbocycles. The van der Waals surface area contributed by atoms with E-state index in [9.17, 15) is 9.18 Å². The Bertz CT molecular complexity index is 807. The van der Waals surface area contributed by atoms with Gasteiger partial charge in [0.05, 0.1) is 24.5 Å². The van der Waals surface area contributed by atoms with Crippen LogP contribution in [-0.2, 0) is 14.3 Å². The van der Waals surface area contributed by atoms with E-state index in [0.29, 0.717) is 32.0 Å². The van der Waals surface area contributed by atoms with Gasteiger partial charge in [0.2, 0.25) is 0 Å². The summed E-state index contributed by atoms with van der Waals surface area (Å²) in [6.07, 6.45) is 4.43. The minimum atomic E-state index is -0.740. The standard InChI is InChI=1S/C21H26ClFN4O3/c1-16(8-9-24-21(28)15-30-12-4-5-18(22)17(2)23)25-19-6-3-7-20(26-19)27-10-13-29-14-11-27/h3-7,12H,1-2,8-11,13-15H2,(H,24,28)(H,25,26)/b12-4+,18-5+. The Balaban J connectivity index is 1.66. The molecule has 0 bridgehead atoms. The first-order chi connectivity index (χ1) is 14.5. The maximum absolute atomic E-state index is 12.6. The van der Waals surface area contributed by atoms with Gasteiger partial charge in [0, 0.05) is 31.8 Å². The highest BCUT2D eigenvalue weighted by Crippen LogP contribution is 2.17. The lowest BCUT2D eigenvalue weighted by molar-refractivity contribution is -0.123. The van der Waals surface area contributed by atoms with Gasteiger partial charge in [-0.2, -0.15) is 0 Å². The number of carbonyl (C=O) groups excluding carboxylic acids is 1. The van der Waals surface area contributed by atoms with Crippen molar-refractivity contribution >= 4 is 29.1 Å². The molecule has 1 aromatic heterocycles. The Hall–Kier alpha value is -2.84. The average molecular weight is 437 g/mol. The zero-order valence-corrected chi connectivity index (χ0v) is 17.5. The third kappa shape index (κ3) is 8.67. The molecule has 9 heteroatoms. The molecule has 0 spiro atoms. The summed E-state index contributed by atoms with van der Waals surface area (Å²) in [6.45, 7) is 10.3. The zero-order valence-electron chi connectivity index (χ0n) is 16.7. The number of halogens is 2. The zero-order chi connectivity index (χ0) is 21.8. The van der Waals surface area contributed by atoms with Gasteiger partial charge in [-0.25, -0.2) is 9.37 Å². The average Bonchev–Trinajstić information content (AvgIpc) is 2.74. The summed E-state index contributed by atoms with van der Waals surface area (Å²) in [4.78, 5) is 18.5. The Morgan fingerprint density at radius 1 is 1.37 bits per heavy atom. The summed E-state index contributed by atoms with van der Waals surface area (Å²) in [7, 11) is 0. The van der Waals surface area contributed by atoms with Gasteiger partial charge in [-0.3, -0.25) is 4.79 Å². The van der Waals surface area contributed by atoms with Crippen LogP contribution < -0.4 is 15.5 Å². The van der Waals surface area contributed by atoms with Crippen LogP contribution in [0.3, 0.4) is 0 Å². The van der Waals surface area contributed by atoms with Crippen LogP contribution in [0, 0.1) is 0 Å². The number of allylic oxidation sites excluding steroid dienone is 4. The monoisotopic (exact) mass is 436 g/mol. The fraction of sp³-hybridized carbons (Fsp3) is 0.333. The molecular formula is C21H26ClFN4O3. The summed E-state index contributed by atoms with van der Waals surface area (Å²) >= 11 is 5.54. The van der Waals surface area contributed by atoms with E-state index in [-0.39, 0.29) is 17.5 Å². The number of amides is 1. The van der Waals surface area contributed by atoms with Crippen LogP contribution in [-0.4, -0.2) is 50.3 Å². The van der Waals surface area contributed by atoms with Crippen molar-refractivity contribution in [3.63, 3.8) is 0 Å². The van der Waals surface area contributed by atoms with Crippen LogP contribution in [0.4, 0.5) is 16.0 Å². The predicted octanol–water partition coefficient (Wildman–Crippen LogP) is 3.49. The van der Waals surface area contributed by atoms with Crippen molar-refractivity contribution < 1.29 is 18.7 Å². The number of pyridine rings is 1. The first-order valence-electron chi connectivity index (χ1n) is 9.45. The molecule has 1 aliphatic heterocycles. The molecule has 1 aromatic rings. The van der Waals surface area contributed by atoms with E-state index in [1.807, 2.05) is 18.2 Å². The Morgan fingerprint density at radius 3 is 2.87 bits per heavy atom. The number of anilines is 2. The lowest BCUT2D eigenvalue weighted by Crippen LogP contribution is -2.36. The van der Waals surface area contributed by atoms with Crippen molar-refractivity contribution in [2.24, 2.45) is 0 Å². The van der Waals surface area contributed by atoms with Gasteiger partial charge in [-0.05, 0) is 24.3 Å². The van der Waals surface area contributed by atoms with Crippen LogP contribution in [0.5, 0.6) is 0 Å².